The first-order valence-electron chi connectivity index (χ1n) is 11.8. The number of amides is 1. The quantitative estimate of drug-likeness (QED) is 0.502. The Morgan fingerprint density at radius 1 is 1.03 bits per heavy atom. The number of benzene rings is 2. The van der Waals surface area contributed by atoms with E-state index in [1.807, 2.05) is 65.6 Å². The highest BCUT2D eigenvalue weighted by molar-refractivity contribution is 5.87. The number of fused-ring (bicyclic) bond motifs is 3. The minimum atomic E-state index is -0.210. The van der Waals surface area contributed by atoms with E-state index < -0.39 is 0 Å². The molecular weight excluding hydrogens is 388 g/mol. The Kier molecular flexibility index (Phi) is 7.13. The molecule has 2 bridgehead atoms. The van der Waals surface area contributed by atoms with Gasteiger partial charge in [-0.25, -0.2) is 4.79 Å². The van der Waals surface area contributed by atoms with Crippen LogP contribution in [-0.4, -0.2) is 49.6 Å². The monoisotopic (exact) mass is 423 g/mol. The van der Waals surface area contributed by atoms with Gasteiger partial charge in [-0.15, -0.1) is 0 Å². The number of carbonyl (C=O) groups is 1. The van der Waals surface area contributed by atoms with Gasteiger partial charge in [0, 0.05) is 31.5 Å². The van der Waals surface area contributed by atoms with Crippen molar-refractivity contribution in [3.8, 4) is 5.75 Å². The summed E-state index contributed by atoms with van der Waals surface area (Å²) in [6, 6.07) is 19.9. The fourth-order valence-corrected chi connectivity index (χ4v) is 4.99. The zero-order chi connectivity index (χ0) is 21.5. The maximum Gasteiger partial charge on any atom is 0.418 e. The van der Waals surface area contributed by atoms with Crippen LogP contribution in [0.3, 0.4) is 0 Å². The number of hydrogen-bond donors (Lipinski definition) is 0. The molecule has 3 heterocycles. The molecule has 2 aromatic rings. The maximum atomic E-state index is 13.3. The van der Waals surface area contributed by atoms with Crippen LogP contribution in [0.4, 0.5) is 10.5 Å². The predicted molar refractivity (Wildman–Crippen MR) is 123 cm³/mol. The van der Waals surface area contributed by atoms with Crippen LogP contribution in [0, 0.1) is 5.92 Å². The molecule has 1 amide bonds. The summed E-state index contributed by atoms with van der Waals surface area (Å²) in [6.07, 6.45) is 5.12. The van der Waals surface area contributed by atoms with Crippen LogP contribution in [0.25, 0.3) is 0 Å². The summed E-state index contributed by atoms with van der Waals surface area (Å²) in [5.41, 5.74) is 0.913. The topological polar surface area (TPSA) is 38.8 Å². The minimum absolute atomic E-state index is 0.0767. The summed E-state index contributed by atoms with van der Waals surface area (Å²) in [7, 11) is 0. The Balaban J connectivity index is 1.43. The summed E-state index contributed by atoms with van der Waals surface area (Å²) < 4.78 is 13.1. The zero-order valence-corrected chi connectivity index (χ0v) is 18.6. The third kappa shape index (κ3) is 5.21. The number of anilines is 1. The van der Waals surface area contributed by atoms with Gasteiger partial charge in [-0.2, -0.15) is 0 Å². The van der Waals surface area contributed by atoms with E-state index in [9.17, 15) is 4.79 Å². The summed E-state index contributed by atoms with van der Waals surface area (Å²) in [4.78, 5) is 15.1. The molecule has 5 nitrogen and oxygen atoms in total. The Morgan fingerprint density at radius 2 is 1.71 bits per heavy atom. The SMILES string of the molecule is CCCCN(C(=O)O[C@@H]1CC2CC[N+]1(CCOc1ccccc1)CC2)c1ccccc1. The number of rotatable bonds is 9. The Bertz CT molecular complexity index is 819. The second-order valence-electron chi connectivity index (χ2n) is 8.91. The molecule has 31 heavy (non-hydrogen) atoms. The number of quaternary nitrogens is 1. The largest absolute Gasteiger partial charge is 0.488 e. The first-order chi connectivity index (χ1) is 15.2. The van der Waals surface area contributed by atoms with Gasteiger partial charge >= 0.3 is 6.09 Å². The molecule has 3 aliphatic rings. The molecule has 166 valence electrons. The molecule has 3 saturated heterocycles. The molecule has 0 aliphatic carbocycles. The van der Waals surface area contributed by atoms with Crippen molar-refractivity contribution in [1.82, 2.24) is 0 Å². The van der Waals surface area contributed by atoms with Crippen LogP contribution in [0.1, 0.15) is 39.0 Å². The highest BCUT2D eigenvalue weighted by Crippen LogP contribution is 2.39. The summed E-state index contributed by atoms with van der Waals surface area (Å²) in [5.74, 6) is 1.57. The van der Waals surface area contributed by atoms with Crippen molar-refractivity contribution < 1.29 is 18.8 Å². The van der Waals surface area contributed by atoms with Crippen molar-refractivity contribution in [1.29, 1.82) is 0 Å². The van der Waals surface area contributed by atoms with Crippen LogP contribution in [0.2, 0.25) is 0 Å². The lowest BCUT2D eigenvalue weighted by molar-refractivity contribution is -0.983. The third-order valence-electron chi connectivity index (χ3n) is 6.92. The smallest absolute Gasteiger partial charge is 0.418 e. The molecule has 0 unspecified atom stereocenters. The second-order valence-corrected chi connectivity index (χ2v) is 8.91. The van der Waals surface area contributed by atoms with Crippen LogP contribution in [-0.2, 0) is 4.74 Å². The lowest BCUT2D eigenvalue weighted by Crippen LogP contribution is -2.66. The van der Waals surface area contributed by atoms with Crippen molar-refractivity contribution in [2.24, 2.45) is 5.92 Å². The van der Waals surface area contributed by atoms with Gasteiger partial charge in [-0.3, -0.25) is 9.38 Å². The summed E-state index contributed by atoms with van der Waals surface area (Å²) in [5, 5.41) is 0. The highest BCUT2D eigenvalue weighted by atomic mass is 16.6. The predicted octanol–water partition coefficient (Wildman–Crippen LogP) is 5.47. The first kappa shape index (κ1) is 21.7. The molecule has 3 aliphatic heterocycles. The molecule has 0 radical (unpaired) electrons. The van der Waals surface area contributed by atoms with Crippen molar-refractivity contribution >= 4 is 11.8 Å². The molecular formula is C26H35N2O3+. The number of ether oxygens (including phenoxy) is 2. The van der Waals surface area contributed by atoms with E-state index in [1.165, 1.54) is 12.8 Å². The fraction of sp³-hybridized carbons (Fsp3) is 0.500. The Hall–Kier alpha value is -2.53. The maximum absolute atomic E-state index is 13.3. The third-order valence-corrected chi connectivity index (χ3v) is 6.92. The molecule has 1 atom stereocenters. The van der Waals surface area contributed by atoms with Crippen LogP contribution < -0.4 is 9.64 Å². The second kappa shape index (κ2) is 10.2. The lowest BCUT2D eigenvalue weighted by Gasteiger charge is -2.53. The number of hydrogen-bond acceptors (Lipinski definition) is 3. The number of nitrogens with zero attached hydrogens (tertiary/aromatic N) is 2. The van der Waals surface area contributed by atoms with Crippen molar-refractivity contribution in [3.05, 3.63) is 60.7 Å². The number of unbranched alkanes of at least 4 members (excludes halogenated alkanes) is 1. The fourth-order valence-electron chi connectivity index (χ4n) is 4.99. The Labute approximate surface area is 186 Å². The summed E-state index contributed by atoms with van der Waals surface area (Å²) in [6.45, 7) is 6.49. The number of carbonyl (C=O) groups excluding carboxylic acids is 1. The van der Waals surface area contributed by atoms with E-state index in [2.05, 4.69) is 6.92 Å². The summed E-state index contributed by atoms with van der Waals surface area (Å²) >= 11 is 0. The van der Waals surface area contributed by atoms with E-state index in [0.717, 1.165) is 54.8 Å². The molecule has 0 aromatic heterocycles. The van der Waals surface area contributed by atoms with Crippen molar-refractivity contribution in [2.75, 3.05) is 37.7 Å². The van der Waals surface area contributed by atoms with E-state index in [-0.39, 0.29) is 12.3 Å². The highest BCUT2D eigenvalue weighted by Gasteiger charge is 2.49. The molecule has 2 aromatic carbocycles. The molecule has 0 N–H and O–H groups in total. The van der Waals surface area contributed by atoms with Crippen LogP contribution in [0.15, 0.2) is 60.7 Å². The van der Waals surface area contributed by atoms with Gasteiger partial charge in [0.1, 0.15) is 18.9 Å². The molecule has 5 heteroatoms. The van der Waals surface area contributed by atoms with Gasteiger partial charge in [-0.05, 0) is 36.6 Å². The van der Waals surface area contributed by atoms with Gasteiger partial charge in [0.25, 0.3) is 0 Å². The average molecular weight is 424 g/mol. The van der Waals surface area contributed by atoms with Crippen molar-refractivity contribution in [2.45, 2.75) is 45.3 Å². The van der Waals surface area contributed by atoms with Gasteiger partial charge < -0.3 is 9.47 Å². The first-order valence-corrected chi connectivity index (χ1v) is 11.8. The molecule has 0 saturated carbocycles. The van der Waals surface area contributed by atoms with E-state index in [1.54, 1.807) is 0 Å². The van der Waals surface area contributed by atoms with Crippen LogP contribution >= 0.6 is 0 Å². The van der Waals surface area contributed by atoms with Crippen LogP contribution in [0.5, 0.6) is 5.75 Å². The van der Waals surface area contributed by atoms with Gasteiger partial charge in [0.15, 0.2) is 0 Å². The minimum Gasteiger partial charge on any atom is -0.488 e. The van der Waals surface area contributed by atoms with Gasteiger partial charge in [0.2, 0.25) is 6.23 Å². The van der Waals surface area contributed by atoms with Crippen molar-refractivity contribution in [3.63, 3.8) is 0 Å². The lowest BCUT2D eigenvalue weighted by atomic mass is 9.84. The normalized spacial score (nSPS) is 24.5. The zero-order valence-electron chi connectivity index (χ0n) is 18.6. The number of piperidine rings is 3. The van der Waals surface area contributed by atoms with E-state index in [0.29, 0.717) is 19.1 Å². The standard InChI is InChI=1S/C26H35N2O3/c1-2-3-16-27(23-10-6-4-7-11-23)26(29)31-25-21-22-14-17-28(25,18-15-22)19-20-30-24-12-8-5-9-13-24/h4-13,22,25H,2-3,14-21H2,1H3/q+1/t22?,25-,28?/m1/s1. The van der Waals surface area contributed by atoms with Gasteiger partial charge in [0.05, 0.1) is 13.1 Å². The molecule has 5 rings (SSSR count). The molecule has 0 spiro atoms. The van der Waals surface area contributed by atoms with Gasteiger partial charge in [-0.1, -0.05) is 49.7 Å². The average Bonchev–Trinajstić information content (AvgIpc) is 2.82. The van der Waals surface area contributed by atoms with E-state index >= 15 is 0 Å². The number of para-hydroxylation sites is 2. The Morgan fingerprint density at radius 3 is 2.39 bits per heavy atom. The molecule has 3 fully saturated rings. The van der Waals surface area contributed by atoms with E-state index in [4.69, 9.17) is 9.47 Å².